The molecule has 21 heavy (non-hydrogen) atoms. The van der Waals surface area contributed by atoms with E-state index in [0.717, 1.165) is 0 Å². The van der Waals surface area contributed by atoms with Crippen molar-refractivity contribution in [1.29, 1.82) is 0 Å². The summed E-state index contributed by atoms with van der Waals surface area (Å²) in [6.07, 6.45) is 0. The molecule has 0 saturated carbocycles. The van der Waals surface area contributed by atoms with Crippen molar-refractivity contribution >= 4 is 17.6 Å². The van der Waals surface area contributed by atoms with Crippen LogP contribution in [0.4, 0.5) is 26.4 Å². The van der Waals surface area contributed by atoms with Gasteiger partial charge >= 0.3 is 12.6 Å². The van der Waals surface area contributed by atoms with Crippen molar-refractivity contribution in [3.63, 3.8) is 0 Å². The molecular weight excluding hydrogens is 286 g/mol. The molecule has 0 fully saturated rings. The zero-order chi connectivity index (χ0) is 15.2. The molecule has 0 spiro atoms. The Balaban J connectivity index is 2.14. The normalized spacial score (nSPS) is 10.3. The smallest absolute Gasteiger partial charge is 0.387 e. The minimum Gasteiger partial charge on any atom is -0.467 e. The van der Waals surface area contributed by atoms with Gasteiger partial charge in [0.1, 0.15) is 5.75 Å². The summed E-state index contributed by atoms with van der Waals surface area (Å²) in [5.41, 5.74) is 2.84. The highest BCUT2D eigenvalue weighted by Crippen LogP contribution is 2.20. The van der Waals surface area contributed by atoms with E-state index in [1.807, 2.05) is 0 Å². The molecule has 8 nitrogen and oxygen atoms in total. The molecule has 10 heteroatoms. The highest BCUT2D eigenvalue weighted by molar-refractivity contribution is 5.55. The molecule has 0 radical (unpaired) electrons. The molecule has 0 aliphatic heterocycles. The lowest BCUT2D eigenvalue weighted by Crippen LogP contribution is -2.13. The molecule has 2 aromatic rings. The van der Waals surface area contributed by atoms with Crippen LogP contribution in [0.1, 0.15) is 0 Å². The molecule has 0 saturated heterocycles. The van der Waals surface area contributed by atoms with Gasteiger partial charge in [0.2, 0.25) is 11.9 Å². The first kappa shape index (κ1) is 14.7. The van der Waals surface area contributed by atoms with Crippen LogP contribution in [0.2, 0.25) is 0 Å². The molecule has 0 unspecified atom stereocenters. The zero-order valence-corrected chi connectivity index (χ0v) is 10.9. The minimum absolute atomic E-state index is 0.0492. The van der Waals surface area contributed by atoms with Gasteiger partial charge in [-0.2, -0.15) is 23.7 Å². The van der Waals surface area contributed by atoms with Gasteiger partial charge in [-0.15, -0.1) is 0 Å². The van der Waals surface area contributed by atoms with E-state index in [2.05, 4.69) is 30.4 Å². The molecule has 112 valence electrons. The van der Waals surface area contributed by atoms with Crippen LogP contribution in [-0.4, -0.2) is 28.7 Å². The number of hydrazine groups is 1. The Hall–Kier alpha value is -2.75. The highest BCUT2D eigenvalue weighted by atomic mass is 19.3. The summed E-state index contributed by atoms with van der Waals surface area (Å²) >= 11 is 0. The lowest BCUT2D eigenvalue weighted by Gasteiger charge is -2.09. The van der Waals surface area contributed by atoms with Crippen LogP contribution in [0, 0.1) is 0 Å². The first-order valence-electron chi connectivity index (χ1n) is 5.69. The average Bonchev–Trinajstić information content (AvgIpc) is 2.48. The number of halogens is 2. The van der Waals surface area contributed by atoms with E-state index in [0.29, 0.717) is 5.69 Å². The third-order valence-corrected chi connectivity index (χ3v) is 2.26. The third kappa shape index (κ3) is 4.11. The van der Waals surface area contributed by atoms with Gasteiger partial charge < -0.3 is 14.8 Å². The second-order valence-electron chi connectivity index (χ2n) is 3.64. The molecular formula is C11H12F2N6O2. The van der Waals surface area contributed by atoms with Crippen molar-refractivity contribution < 1.29 is 18.3 Å². The first-order valence-corrected chi connectivity index (χ1v) is 5.69. The van der Waals surface area contributed by atoms with Crippen LogP contribution in [0.15, 0.2) is 24.3 Å². The number of hydrogen-bond acceptors (Lipinski definition) is 8. The number of hydrogen-bond donors (Lipinski definition) is 3. The van der Waals surface area contributed by atoms with E-state index in [-0.39, 0.29) is 23.7 Å². The molecule has 0 atom stereocenters. The maximum Gasteiger partial charge on any atom is 0.387 e. The molecule has 1 aromatic heterocycles. The minimum atomic E-state index is -2.87. The Labute approximate surface area is 118 Å². The van der Waals surface area contributed by atoms with Crippen LogP contribution in [0.25, 0.3) is 0 Å². The van der Waals surface area contributed by atoms with Crippen molar-refractivity contribution in [3.05, 3.63) is 24.3 Å². The number of benzene rings is 1. The van der Waals surface area contributed by atoms with Gasteiger partial charge in [-0.05, 0) is 24.3 Å². The van der Waals surface area contributed by atoms with E-state index in [4.69, 9.17) is 10.6 Å². The number of alkyl halides is 2. The second-order valence-corrected chi connectivity index (χ2v) is 3.64. The van der Waals surface area contributed by atoms with Gasteiger partial charge in [0.25, 0.3) is 0 Å². The summed E-state index contributed by atoms with van der Waals surface area (Å²) in [6.45, 7) is -2.87. The largest absolute Gasteiger partial charge is 0.467 e. The number of methoxy groups -OCH3 is 1. The molecule has 0 aliphatic rings. The van der Waals surface area contributed by atoms with Crippen LogP contribution in [0.5, 0.6) is 11.8 Å². The van der Waals surface area contributed by atoms with Gasteiger partial charge in [-0.1, -0.05) is 0 Å². The number of nitrogen functional groups attached to an aromatic ring is 1. The van der Waals surface area contributed by atoms with Crippen LogP contribution < -0.4 is 26.1 Å². The fourth-order valence-corrected chi connectivity index (χ4v) is 1.42. The topological polar surface area (TPSA) is 107 Å². The number of nitrogens with zero attached hydrogens (tertiary/aromatic N) is 3. The molecule has 0 aliphatic carbocycles. The zero-order valence-electron chi connectivity index (χ0n) is 10.9. The third-order valence-electron chi connectivity index (χ3n) is 2.26. The highest BCUT2D eigenvalue weighted by Gasteiger charge is 2.07. The van der Waals surface area contributed by atoms with E-state index < -0.39 is 6.61 Å². The SMILES string of the molecule is COc1nc(NN)nc(Nc2ccc(OC(F)F)cc2)n1. The van der Waals surface area contributed by atoms with Gasteiger partial charge in [0.15, 0.2) is 0 Å². The summed E-state index contributed by atoms with van der Waals surface area (Å²) in [7, 11) is 1.40. The first-order chi connectivity index (χ1) is 10.1. The molecule has 1 heterocycles. The summed E-state index contributed by atoms with van der Waals surface area (Å²) in [6, 6.07) is 5.90. The van der Waals surface area contributed by atoms with E-state index in [9.17, 15) is 8.78 Å². The van der Waals surface area contributed by atoms with Crippen molar-refractivity contribution in [3.8, 4) is 11.8 Å². The maximum absolute atomic E-state index is 12.0. The van der Waals surface area contributed by atoms with E-state index in [1.54, 1.807) is 0 Å². The lowest BCUT2D eigenvalue weighted by molar-refractivity contribution is -0.0498. The monoisotopic (exact) mass is 298 g/mol. The number of nitrogens with one attached hydrogen (secondary N) is 2. The number of nitrogens with two attached hydrogens (primary N) is 1. The quantitative estimate of drug-likeness (QED) is 0.544. The van der Waals surface area contributed by atoms with Gasteiger partial charge in [-0.3, -0.25) is 5.43 Å². The van der Waals surface area contributed by atoms with Crippen molar-refractivity contribution in [2.24, 2.45) is 5.84 Å². The molecule has 4 N–H and O–H groups in total. The standard InChI is InChI=1S/C11H12F2N6O2/c1-20-11-17-9(16-10(18-11)19-14)15-6-2-4-7(5-3-6)21-8(12)13/h2-5,8H,14H2,1H3,(H2,15,16,17,18,19). The van der Waals surface area contributed by atoms with Crippen LogP contribution in [-0.2, 0) is 0 Å². The van der Waals surface area contributed by atoms with Crippen LogP contribution in [0.3, 0.4) is 0 Å². The Kier molecular flexibility index (Phi) is 4.61. The van der Waals surface area contributed by atoms with Crippen molar-refractivity contribution in [2.75, 3.05) is 17.9 Å². The maximum atomic E-state index is 12.0. The number of aromatic nitrogens is 3. The van der Waals surface area contributed by atoms with Crippen molar-refractivity contribution in [1.82, 2.24) is 15.0 Å². The predicted octanol–water partition coefficient (Wildman–Crippen LogP) is 1.51. The molecule has 0 amide bonds. The van der Waals surface area contributed by atoms with E-state index >= 15 is 0 Å². The second kappa shape index (κ2) is 6.61. The summed E-state index contributed by atoms with van der Waals surface area (Å²) < 4.78 is 33.2. The number of anilines is 3. The summed E-state index contributed by atoms with van der Waals surface area (Å²) in [4.78, 5) is 11.8. The van der Waals surface area contributed by atoms with Crippen molar-refractivity contribution in [2.45, 2.75) is 6.61 Å². The average molecular weight is 298 g/mol. The number of ether oxygens (including phenoxy) is 2. The fourth-order valence-electron chi connectivity index (χ4n) is 1.42. The van der Waals surface area contributed by atoms with Crippen LogP contribution >= 0.6 is 0 Å². The number of rotatable bonds is 6. The summed E-state index contributed by atoms with van der Waals surface area (Å²) in [5, 5.41) is 2.85. The fraction of sp³-hybridized carbons (Fsp3) is 0.182. The molecule has 0 bridgehead atoms. The van der Waals surface area contributed by atoms with E-state index in [1.165, 1.54) is 31.4 Å². The lowest BCUT2D eigenvalue weighted by atomic mass is 10.3. The molecule has 1 aromatic carbocycles. The Morgan fingerprint density at radius 3 is 2.33 bits per heavy atom. The Bertz CT molecular complexity index is 574. The Morgan fingerprint density at radius 1 is 1.10 bits per heavy atom. The molecule has 2 rings (SSSR count). The Morgan fingerprint density at radius 2 is 1.76 bits per heavy atom. The van der Waals surface area contributed by atoms with Gasteiger partial charge in [-0.25, -0.2) is 5.84 Å². The summed E-state index contributed by atoms with van der Waals surface area (Å²) in [5.74, 6) is 5.57. The van der Waals surface area contributed by atoms with Gasteiger partial charge in [0, 0.05) is 5.69 Å². The predicted molar refractivity (Wildman–Crippen MR) is 70.5 cm³/mol. The van der Waals surface area contributed by atoms with Gasteiger partial charge in [0.05, 0.1) is 7.11 Å².